The molecule has 0 atom stereocenters. The molecular formula is C25H21ClN4O2. The molecule has 1 aromatic heterocycles. The van der Waals surface area contributed by atoms with Crippen LogP contribution < -0.4 is 4.90 Å². The first-order chi connectivity index (χ1) is 15.7. The molecule has 32 heavy (non-hydrogen) atoms. The Balaban J connectivity index is 1.35. The minimum atomic E-state index is -0.0282. The van der Waals surface area contributed by atoms with Crippen LogP contribution >= 0.6 is 11.6 Å². The van der Waals surface area contributed by atoms with Gasteiger partial charge in [-0.15, -0.1) is 0 Å². The number of anilines is 1. The van der Waals surface area contributed by atoms with Gasteiger partial charge in [-0.1, -0.05) is 47.1 Å². The largest absolute Gasteiger partial charge is 0.368 e. The Morgan fingerprint density at radius 1 is 0.844 bits per heavy atom. The van der Waals surface area contributed by atoms with E-state index in [1.165, 1.54) is 5.69 Å². The Labute approximate surface area is 191 Å². The van der Waals surface area contributed by atoms with Gasteiger partial charge in [0, 0.05) is 42.5 Å². The topological polar surface area (TPSA) is 62.5 Å². The first-order valence-electron chi connectivity index (χ1n) is 10.5. The number of halogens is 1. The van der Waals surface area contributed by atoms with Gasteiger partial charge >= 0.3 is 0 Å². The number of carbonyl (C=O) groups is 1. The molecule has 1 amide bonds. The lowest BCUT2D eigenvalue weighted by Crippen LogP contribution is -2.48. The Kier molecular flexibility index (Phi) is 5.60. The van der Waals surface area contributed by atoms with Crippen molar-refractivity contribution in [3.8, 4) is 22.8 Å². The summed E-state index contributed by atoms with van der Waals surface area (Å²) in [5, 5.41) is 4.73. The molecule has 7 heteroatoms. The van der Waals surface area contributed by atoms with E-state index in [9.17, 15) is 4.79 Å². The third-order valence-electron chi connectivity index (χ3n) is 5.60. The van der Waals surface area contributed by atoms with Gasteiger partial charge in [-0.2, -0.15) is 4.98 Å². The van der Waals surface area contributed by atoms with Crippen molar-refractivity contribution in [2.75, 3.05) is 31.1 Å². The fraction of sp³-hybridized carbons (Fsp3) is 0.160. The molecule has 1 saturated heterocycles. The van der Waals surface area contributed by atoms with Crippen molar-refractivity contribution >= 4 is 23.2 Å². The number of hydrogen-bond acceptors (Lipinski definition) is 5. The summed E-state index contributed by atoms with van der Waals surface area (Å²) < 4.78 is 5.52. The number of benzene rings is 3. The molecule has 0 aliphatic carbocycles. The van der Waals surface area contributed by atoms with Gasteiger partial charge in [0.05, 0.1) is 11.1 Å². The first-order valence-corrected chi connectivity index (χ1v) is 10.9. The number of nitrogens with zero attached hydrogens (tertiary/aromatic N) is 4. The summed E-state index contributed by atoms with van der Waals surface area (Å²) in [5.41, 5.74) is 3.17. The average Bonchev–Trinajstić information content (AvgIpc) is 3.35. The van der Waals surface area contributed by atoms with Gasteiger partial charge in [0.2, 0.25) is 5.82 Å². The molecule has 5 rings (SSSR count). The lowest BCUT2D eigenvalue weighted by atomic mass is 10.1. The predicted molar refractivity (Wildman–Crippen MR) is 125 cm³/mol. The van der Waals surface area contributed by atoms with Gasteiger partial charge in [-0.3, -0.25) is 4.79 Å². The van der Waals surface area contributed by atoms with Gasteiger partial charge in [0.1, 0.15) is 0 Å². The summed E-state index contributed by atoms with van der Waals surface area (Å²) in [5.74, 6) is 0.747. The van der Waals surface area contributed by atoms with E-state index in [1.54, 1.807) is 12.1 Å². The fourth-order valence-electron chi connectivity index (χ4n) is 3.88. The molecule has 0 saturated carbocycles. The maximum Gasteiger partial charge on any atom is 0.259 e. The molecule has 4 aromatic rings. The van der Waals surface area contributed by atoms with E-state index in [1.807, 2.05) is 59.5 Å². The van der Waals surface area contributed by atoms with Crippen LogP contribution in [0.25, 0.3) is 22.8 Å². The molecule has 160 valence electrons. The van der Waals surface area contributed by atoms with Gasteiger partial charge in [0.15, 0.2) is 0 Å². The van der Waals surface area contributed by atoms with Crippen LogP contribution in [-0.2, 0) is 0 Å². The first kappa shape index (κ1) is 20.3. The number of aromatic nitrogens is 2. The van der Waals surface area contributed by atoms with Crippen LogP contribution in [0.15, 0.2) is 83.4 Å². The van der Waals surface area contributed by atoms with Crippen molar-refractivity contribution in [3.05, 3.63) is 89.4 Å². The highest BCUT2D eigenvalue weighted by Crippen LogP contribution is 2.27. The van der Waals surface area contributed by atoms with Gasteiger partial charge < -0.3 is 14.3 Å². The fourth-order valence-corrected chi connectivity index (χ4v) is 4.01. The molecule has 0 bridgehead atoms. The number of carbonyl (C=O) groups excluding carboxylic acids is 1. The molecule has 2 heterocycles. The zero-order chi connectivity index (χ0) is 21.9. The van der Waals surface area contributed by atoms with E-state index >= 15 is 0 Å². The van der Waals surface area contributed by atoms with Crippen molar-refractivity contribution in [1.82, 2.24) is 15.0 Å². The summed E-state index contributed by atoms with van der Waals surface area (Å²) in [6.45, 7) is 2.89. The maximum atomic E-state index is 13.4. The van der Waals surface area contributed by atoms with Crippen LogP contribution in [0.1, 0.15) is 10.4 Å². The van der Waals surface area contributed by atoms with E-state index in [0.29, 0.717) is 41.0 Å². The lowest BCUT2D eigenvalue weighted by Gasteiger charge is -2.36. The van der Waals surface area contributed by atoms with E-state index < -0.39 is 0 Å². The monoisotopic (exact) mass is 444 g/mol. The van der Waals surface area contributed by atoms with Gasteiger partial charge in [0.25, 0.3) is 11.8 Å². The smallest absolute Gasteiger partial charge is 0.259 e. The third kappa shape index (κ3) is 4.09. The Bertz CT molecular complexity index is 1220. The molecule has 0 spiro atoms. The minimum Gasteiger partial charge on any atom is -0.368 e. The number of rotatable bonds is 4. The van der Waals surface area contributed by atoms with Crippen LogP contribution in [-0.4, -0.2) is 47.1 Å². The highest BCUT2D eigenvalue weighted by molar-refractivity contribution is 6.30. The molecule has 0 radical (unpaired) electrons. The summed E-state index contributed by atoms with van der Waals surface area (Å²) in [7, 11) is 0. The Morgan fingerprint density at radius 3 is 2.28 bits per heavy atom. The van der Waals surface area contributed by atoms with Crippen molar-refractivity contribution in [2.45, 2.75) is 0 Å². The third-order valence-corrected chi connectivity index (χ3v) is 5.86. The van der Waals surface area contributed by atoms with Crippen molar-refractivity contribution in [1.29, 1.82) is 0 Å². The standard InChI is InChI=1S/C25H21ClN4O2/c26-19-12-10-18(11-13-19)23-27-24(32-28-23)21-8-4-5-9-22(21)25(31)30-16-14-29(15-17-30)20-6-2-1-3-7-20/h1-13H,14-17H2. The average molecular weight is 445 g/mol. The minimum absolute atomic E-state index is 0.0282. The van der Waals surface area contributed by atoms with Crippen LogP contribution in [0.5, 0.6) is 0 Å². The Hall–Kier alpha value is -3.64. The summed E-state index contributed by atoms with van der Waals surface area (Å²) in [4.78, 5) is 22.1. The SMILES string of the molecule is O=C(c1ccccc1-c1nc(-c2ccc(Cl)cc2)no1)N1CCN(c2ccccc2)CC1. The molecule has 1 aliphatic heterocycles. The predicted octanol–water partition coefficient (Wildman–Crippen LogP) is 5.02. The zero-order valence-electron chi connectivity index (χ0n) is 17.3. The zero-order valence-corrected chi connectivity index (χ0v) is 18.1. The van der Waals surface area contributed by atoms with E-state index in [4.69, 9.17) is 16.1 Å². The lowest BCUT2D eigenvalue weighted by molar-refractivity contribution is 0.0747. The highest BCUT2D eigenvalue weighted by atomic mass is 35.5. The number of para-hydroxylation sites is 1. The maximum absolute atomic E-state index is 13.4. The molecule has 0 unspecified atom stereocenters. The van der Waals surface area contributed by atoms with Crippen molar-refractivity contribution in [2.24, 2.45) is 0 Å². The Morgan fingerprint density at radius 2 is 1.53 bits per heavy atom. The summed E-state index contributed by atoms with van der Waals surface area (Å²) >= 11 is 5.96. The van der Waals surface area contributed by atoms with Crippen LogP contribution in [0.4, 0.5) is 5.69 Å². The second kappa shape index (κ2) is 8.85. The molecule has 6 nitrogen and oxygen atoms in total. The number of hydrogen-bond donors (Lipinski definition) is 0. The van der Waals surface area contributed by atoms with Crippen molar-refractivity contribution < 1.29 is 9.32 Å². The molecular weight excluding hydrogens is 424 g/mol. The van der Waals surface area contributed by atoms with E-state index in [0.717, 1.165) is 18.7 Å². The van der Waals surface area contributed by atoms with Crippen LogP contribution in [0.2, 0.25) is 5.02 Å². The summed E-state index contributed by atoms with van der Waals surface area (Å²) in [6, 6.07) is 24.9. The quantitative estimate of drug-likeness (QED) is 0.442. The second-order valence-corrected chi connectivity index (χ2v) is 8.03. The van der Waals surface area contributed by atoms with Crippen LogP contribution in [0, 0.1) is 0 Å². The van der Waals surface area contributed by atoms with Gasteiger partial charge in [-0.05, 0) is 48.5 Å². The van der Waals surface area contributed by atoms with Crippen molar-refractivity contribution in [3.63, 3.8) is 0 Å². The van der Waals surface area contributed by atoms with Gasteiger partial charge in [-0.25, -0.2) is 0 Å². The molecule has 1 fully saturated rings. The molecule has 1 aliphatic rings. The van der Waals surface area contributed by atoms with Crippen LogP contribution in [0.3, 0.4) is 0 Å². The summed E-state index contributed by atoms with van der Waals surface area (Å²) in [6.07, 6.45) is 0. The van der Waals surface area contributed by atoms with E-state index in [2.05, 4.69) is 27.2 Å². The second-order valence-electron chi connectivity index (χ2n) is 7.59. The number of amides is 1. The van der Waals surface area contributed by atoms with E-state index in [-0.39, 0.29) is 5.91 Å². The molecule has 0 N–H and O–H groups in total. The molecule has 3 aromatic carbocycles. The normalized spacial score (nSPS) is 13.9. The number of piperazine rings is 1. The highest BCUT2D eigenvalue weighted by Gasteiger charge is 2.25.